The fraction of sp³-hybridized carbons (Fsp3) is 0.389. The van der Waals surface area contributed by atoms with E-state index in [1.54, 1.807) is 13.0 Å². The van der Waals surface area contributed by atoms with E-state index in [1.165, 1.54) is 12.1 Å². The number of pyridine rings is 1. The molecule has 1 aromatic heterocycles. The van der Waals surface area contributed by atoms with Gasteiger partial charge in [-0.25, -0.2) is 4.39 Å². The fourth-order valence-corrected chi connectivity index (χ4v) is 3.17. The Bertz CT molecular complexity index is 1010. The van der Waals surface area contributed by atoms with Gasteiger partial charge in [0.15, 0.2) is 0 Å². The van der Waals surface area contributed by atoms with Crippen molar-refractivity contribution in [1.29, 1.82) is 5.26 Å². The molecule has 8 nitrogen and oxygen atoms in total. The van der Waals surface area contributed by atoms with Crippen molar-refractivity contribution in [2.24, 2.45) is 5.92 Å². The maximum atomic E-state index is 13.3. The van der Waals surface area contributed by atoms with Gasteiger partial charge in [-0.3, -0.25) is 14.9 Å². The van der Waals surface area contributed by atoms with Gasteiger partial charge in [-0.05, 0) is 30.7 Å². The molecule has 2 heterocycles. The first-order valence-electron chi connectivity index (χ1n) is 8.53. The minimum absolute atomic E-state index is 0.0657. The molecule has 0 saturated carbocycles. The molecule has 0 bridgehead atoms. The molecule has 3 rings (SSSR count). The number of H-pyrrole nitrogens is 1. The van der Waals surface area contributed by atoms with Gasteiger partial charge in [0.1, 0.15) is 11.7 Å². The summed E-state index contributed by atoms with van der Waals surface area (Å²) in [5, 5.41) is 15.1. The van der Waals surface area contributed by atoms with Gasteiger partial charge in [-0.1, -0.05) is 0 Å². The number of carbonyl (C=O) groups is 1. The van der Waals surface area contributed by atoms with Crippen LogP contribution in [-0.2, 0) is 11.2 Å². The molecule has 1 aliphatic rings. The summed E-state index contributed by atoms with van der Waals surface area (Å²) in [5.41, 5.74) is 0.842. The molecule has 140 valence electrons. The number of aromatic nitrogens is 1. The molecule has 0 spiro atoms. The van der Waals surface area contributed by atoms with Crippen molar-refractivity contribution in [2.75, 3.05) is 19.6 Å². The van der Waals surface area contributed by atoms with Crippen LogP contribution in [0.5, 0.6) is 0 Å². The number of hydrogen-bond donors (Lipinski definition) is 3. The lowest BCUT2D eigenvalue weighted by molar-refractivity contribution is -0.603. The number of nitriles is 1. The number of halogens is 1. The molecule has 2 aromatic rings. The van der Waals surface area contributed by atoms with E-state index in [1.807, 2.05) is 6.07 Å². The molecule has 1 aliphatic heterocycles. The highest BCUT2D eigenvalue weighted by Crippen LogP contribution is 2.18. The van der Waals surface area contributed by atoms with Gasteiger partial charge in [0.05, 0.1) is 24.6 Å². The molecule has 2 unspecified atom stereocenters. The molecule has 0 aliphatic carbocycles. The number of aromatic amines is 1. The van der Waals surface area contributed by atoms with Crippen LogP contribution in [0.2, 0.25) is 0 Å². The van der Waals surface area contributed by atoms with Crippen molar-refractivity contribution in [3.05, 3.63) is 50.4 Å². The van der Waals surface area contributed by atoms with Crippen LogP contribution in [0.1, 0.15) is 11.1 Å². The Kier molecular flexibility index (Phi) is 5.28. The average Bonchev–Trinajstić information content (AvgIpc) is 2.63. The van der Waals surface area contributed by atoms with Gasteiger partial charge in [0.25, 0.3) is 11.7 Å². The predicted octanol–water partition coefficient (Wildman–Crippen LogP) is 0.482. The Balaban J connectivity index is 1.68. The zero-order chi connectivity index (χ0) is 19.6. The largest absolute Gasteiger partial charge is 0.347 e. The zero-order valence-electron chi connectivity index (χ0n) is 14.7. The van der Waals surface area contributed by atoms with Crippen LogP contribution in [0, 0.1) is 34.9 Å². The van der Waals surface area contributed by atoms with Crippen LogP contribution in [0.15, 0.2) is 23.0 Å². The number of rotatable bonds is 4. The zero-order valence-corrected chi connectivity index (χ0v) is 14.7. The third-order valence-corrected chi connectivity index (χ3v) is 4.72. The Morgan fingerprint density at radius 2 is 2.26 bits per heavy atom. The first-order chi connectivity index (χ1) is 12.9. The maximum Gasteiger partial charge on any atom is 0.272 e. The highest BCUT2D eigenvalue weighted by atomic mass is 19.1. The highest BCUT2D eigenvalue weighted by Gasteiger charge is 2.34. The summed E-state index contributed by atoms with van der Waals surface area (Å²) in [6.07, 6.45) is -0.765. The molecule has 1 saturated heterocycles. The van der Waals surface area contributed by atoms with Crippen LogP contribution in [0.3, 0.4) is 0 Å². The fourth-order valence-electron chi connectivity index (χ4n) is 3.17. The van der Waals surface area contributed by atoms with E-state index in [2.05, 4.69) is 15.6 Å². The number of nitroso groups, excluding NO2 is 1. The maximum absolute atomic E-state index is 13.3. The van der Waals surface area contributed by atoms with E-state index in [0.29, 0.717) is 28.6 Å². The van der Waals surface area contributed by atoms with Crippen molar-refractivity contribution >= 4 is 16.8 Å². The summed E-state index contributed by atoms with van der Waals surface area (Å²) in [6.45, 7) is 2.25. The van der Waals surface area contributed by atoms with Crippen molar-refractivity contribution in [3.8, 4) is 6.07 Å². The highest BCUT2D eigenvalue weighted by molar-refractivity contribution is 5.85. The molecule has 1 fully saturated rings. The van der Waals surface area contributed by atoms with Crippen molar-refractivity contribution in [1.82, 2.24) is 15.6 Å². The molecular weight excluding hydrogens is 353 g/mol. The van der Waals surface area contributed by atoms with E-state index in [4.69, 9.17) is 5.26 Å². The van der Waals surface area contributed by atoms with E-state index >= 15 is 0 Å². The lowest BCUT2D eigenvalue weighted by atomic mass is 10.0. The number of benzene rings is 1. The van der Waals surface area contributed by atoms with Gasteiger partial charge < -0.3 is 10.3 Å². The Morgan fingerprint density at radius 3 is 2.96 bits per heavy atom. The number of aryl methyl sites for hydroxylation is 1. The van der Waals surface area contributed by atoms with E-state index < -0.39 is 23.4 Å². The van der Waals surface area contributed by atoms with Gasteiger partial charge in [0, 0.05) is 27.2 Å². The molecule has 9 heteroatoms. The van der Waals surface area contributed by atoms with Crippen LogP contribution in [0.4, 0.5) is 4.39 Å². The normalized spacial score (nSPS) is 19.7. The number of nitrogens with one attached hydrogen (secondary N) is 3. The van der Waals surface area contributed by atoms with Crippen LogP contribution >= 0.6 is 0 Å². The third-order valence-electron chi connectivity index (χ3n) is 4.72. The number of fused-ring (bicyclic) bond motifs is 1. The second-order valence-corrected chi connectivity index (χ2v) is 6.58. The lowest BCUT2D eigenvalue weighted by Gasteiger charge is -2.19. The smallest absolute Gasteiger partial charge is 0.272 e. The Labute approximate surface area is 153 Å². The standard InChI is InChI=1S/C18H18FN5O3/c1-10-13-3-2-12(19)4-15(13)23-18(26)14(10)5-17(25)22-8-16-21-7-11(6-20)9-24(16)27/h2-4,11,16,21H,5,7-9H2,1H3,(H-,22,23,25,26)/p+1. The molecule has 2 atom stereocenters. The van der Waals surface area contributed by atoms with Crippen LogP contribution in [0.25, 0.3) is 10.9 Å². The monoisotopic (exact) mass is 372 g/mol. The summed E-state index contributed by atoms with van der Waals surface area (Å²) in [6, 6.07) is 6.12. The summed E-state index contributed by atoms with van der Waals surface area (Å²) in [4.78, 5) is 39.0. The first-order valence-corrected chi connectivity index (χ1v) is 8.53. The van der Waals surface area contributed by atoms with E-state index in [9.17, 15) is 18.9 Å². The van der Waals surface area contributed by atoms with Crippen LogP contribution < -0.4 is 16.2 Å². The number of carbonyl (C=O) groups excluding carboxylic acids is 1. The Morgan fingerprint density at radius 1 is 1.48 bits per heavy atom. The quantitative estimate of drug-likeness (QED) is 0.675. The third kappa shape index (κ3) is 4.01. The predicted molar refractivity (Wildman–Crippen MR) is 95.4 cm³/mol. The molecular formula is C18H19FN5O3+. The molecule has 1 amide bonds. The number of nitrogens with zero attached hydrogens (tertiary/aromatic N) is 2. The van der Waals surface area contributed by atoms with E-state index in [0.717, 1.165) is 4.76 Å². The second-order valence-electron chi connectivity index (χ2n) is 6.58. The van der Waals surface area contributed by atoms with Gasteiger partial charge in [-0.2, -0.15) is 5.26 Å². The van der Waals surface area contributed by atoms with Gasteiger partial charge in [-0.15, -0.1) is 0 Å². The second kappa shape index (κ2) is 7.63. The average molecular weight is 372 g/mol. The molecule has 1 aromatic carbocycles. The summed E-state index contributed by atoms with van der Waals surface area (Å²) < 4.78 is 14.1. The minimum atomic E-state index is -0.613. The summed E-state index contributed by atoms with van der Waals surface area (Å²) in [5.74, 6) is -1.23. The molecule has 0 radical (unpaired) electrons. The molecule has 3 N–H and O–H groups in total. The summed E-state index contributed by atoms with van der Waals surface area (Å²) in [7, 11) is 0. The first kappa shape index (κ1) is 18.7. The topological polar surface area (TPSA) is 118 Å². The number of amides is 1. The van der Waals surface area contributed by atoms with E-state index in [-0.39, 0.29) is 25.4 Å². The number of hydrogen-bond acceptors (Lipinski definition) is 5. The SMILES string of the molecule is Cc1c(CC(=O)NCC2NCC(C#N)C[N+]2=O)c(=O)[nH]c2cc(F)ccc12. The van der Waals surface area contributed by atoms with Gasteiger partial charge >= 0.3 is 0 Å². The summed E-state index contributed by atoms with van der Waals surface area (Å²) >= 11 is 0. The van der Waals surface area contributed by atoms with Crippen molar-refractivity contribution in [3.63, 3.8) is 0 Å². The van der Waals surface area contributed by atoms with Gasteiger partial charge in [0.2, 0.25) is 12.5 Å². The molecule has 27 heavy (non-hydrogen) atoms. The van der Waals surface area contributed by atoms with Crippen molar-refractivity contribution < 1.29 is 13.9 Å². The van der Waals surface area contributed by atoms with Crippen molar-refractivity contribution in [2.45, 2.75) is 19.5 Å². The van der Waals surface area contributed by atoms with Crippen LogP contribution in [-0.4, -0.2) is 41.5 Å². The minimum Gasteiger partial charge on any atom is -0.347 e. The Hall–Kier alpha value is -3.12. The lowest BCUT2D eigenvalue weighted by Crippen LogP contribution is -2.54.